The molecule has 0 saturated carbocycles. The van der Waals surface area contributed by atoms with Crippen LogP contribution in [0.3, 0.4) is 0 Å². The van der Waals surface area contributed by atoms with Gasteiger partial charge in [-0.05, 0) is 18.2 Å². The average Bonchev–Trinajstić information content (AvgIpc) is 2.99. The zero-order chi connectivity index (χ0) is 15.1. The molecular formula is C14H14ClN5O. The monoisotopic (exact) mass is 303 g/mol. The maximum Gasteiger partial charge on any atom is 0.226 e. The van der Waals surface area contributed by atoms with E-state index in [-0.39, 0.29) is 12.5 Å². The number of nitrogens with one attached hydrogen (secondary N) is 1. The summed E-state index contributed by atoms with van der Waals surface area (Å²) in [6.45, 7) is 0.726. The van der Waals surface area contributed by atoms with Crippen LogP contribution in [-0.2, 0) is 11.3 Å². The van der Waals surface area contributed by atoms with E-state index in [9.17, 15) is 4.79 Å². The SMILES string of the molecule is NCC#Cc1cc(NC(=O)CCn2ccnn2)ccc1Cl. The number of anilines is 1. The van der Waals surface area contributed by atoms with Gasteiger partial charge in [0.2, 0.25) is 5.91 Å². The molecule has 1 amide bonds. The third-order valence-electron chi connectivity index (χ3n) is 2.62. The van der Waals surface area contributed by atoms with Crippen LogP contribution in [0.5, 0.6) is 0 Å². The molecule has 7 heteroatoms. The van der Waals surface area contributed by atoms with Gasteiger partial charge in [-0.25, -0.2) is 0 Å². The number of aromatic nitrogens is 3. The number of hydrogen-bond acceptors (Lipinski definition) is 4. The first kappa shape index (κ1) is 15.0. The van der Waals surface area contributed by atoms with Crippen LogP contribution in [0, 0.1) is 11.8 Å². The first-order valence-corrected chi connectivity index (χ1v) is 6.69. The molecule has 0 atom stereocenters. The summed E-state index contributed by atoms with van der Waals surface area (Å²) < 4.78 is 1.60. The van der Waals surface area contributed by atoms with Crippen LogP contribution >= 0.6 is 11.6 Å². The minimum absolute atomic E-state index is 0.120. The quantitative estimate of drug-likeness (QED) is 0.833. The number of halogens is 1. The van der Waals surface area contributed by atoms with E-state index in [4.69, 9.17) is 17.3 Å². The number of aryl methyl sites for hydroxylation is 1. The predicted octanol–water partition coefficient (Wildman–Crippen LogP) is 1.27. The Bertz CT molecular complexity index is 672. The van der Waals surface area contributed by atoms with Crippen LogP contribution in [0.1, 0.15) is 12.0 Å². The number of carbonyl (C=O) groups excluding carboxylic acids is 1. The van der Waals surface area contributed by atoms with Crippen LogP contribution in [0.4, 0.5) is 5.69 Å². The predicted molar refractivity (Wildman–Crippen MR) is 80.7 cm³/mol. The van der Waals surface area contributed by atoms with Gasteiger partial charge >= 0.3 is 0 Å². The molecule has 1 aromatic heterocycles. The van der Waals surface area contributed by atoms with E-state index >= 15 is 0 Å². The van der Waals surface area contributed by atoms with Crippen molar-refractivity contribution in [2.24, 2.45) is 5.73 Å². The molecule has 0 spiro atoms. The fourth-order valence-electron chi connectivity index (χ4n) is 1.64. The lowest BCUT2D eigenvalue weighted by atomic mass is 10.2. The molecule has 0 unspecified atom stereocenters. The molecule has 108 valence electrons. The van der Waals surface area contributed by atoms with Gasteiger partial charge in [-0.2, -0.15) is 0 Å². The molecule has 1 aromatic carbocycles. The summed E-state index contributed by atoms with van der Waals surface area (Å²) in [7, 11) is 0. The van der Waals surface area contributed by atoms with Crippen molar-refractivity contribution in [2.45, 2.75) is 13.0 Å². The van der Waals surface area contributed by atoms with Crippen LogP contribution in [0.15, 0.2) is 30.6 Å². The highest BCUT2D eigenvalue weighted by Crippen LogP contribution is 2.19. The number of nitrogens with two attached hydrogens (primary N) is 1. The molecule has 0 aliphatic heterocycles. The maximum atomic E-state index is 11.9. The molecule has 0 aliphatic rings. The Kier molecular flexibility index (Phi) is 5.32. The third kappa shape index (κ3) is 4.60. The summed E-state index contributed by atoms with van der Waals surface area (Å²) in [6.07, 6.45) is 3.57. The second-order valence-electron chi connectivity index (χ2n) is 4.16. The van der Waals surface area contributed by atoms with Gasteiger partial charge in [0.05, 0.1) is 24.3 Å². The summed E-state index contributed by atoms with van der Waals surface area (Å²) in [5, 5.41) is 10.8. The first-order valence-electron chi connectivity index (χ1n) is 6.31. The van der Waals surface area contributed by atoms with E-state index in [1.165, 1.54) is 0 Å². The van der Waals surface area contributed by atoms with E-state index in [1.807, 2.05) is 0 Å². The molecule has 6 nitrogen and oxygen atoms in total. The van der Waals surface area contributed by atoms with Crippen LogP contribution in [0.2, 0.25) is 5.02 Å². The average molecular weight is 304 g/mol. The van der Waals surface area contributed by atoms with Gasteiger partial charge in [0.1, 0.15) is 0 Å². The van der Waals surface area contributed by atoms with Gasteiger partial charge < -0.3 is 11.1 Å². The normalized spacial score (nSPS) is 9.81. The molecule has 0 saturated heterocycles. The maximum absolute atomic E-state index is 11.9. The first-order chi connectivity index (χ1) is 10.2. The van der Waals surface area contributed by atoms with E-state index in [1.54, 1.807) is 35.3 Å². The van der Waals surface area contributed by atoms with Crippen molar-refractivity contribution in [1.82, 2.24) is 15.0 Å². The third-order valence-corrected chi connectivity index (χ3v) is 2.94. The molecule has 2 rings (SSSR count). The van der Waals surface area contributed by atoms with E-state index in [0.717, 1.165) is 0 Å². The standard InChI is InChI=1S/C14H14ClN5O/c15-13-4-3-12(10-11(13)2-1-6-16)18-14(21)5-8-20-9-7-17-19-20/h3-4,7,9-10H,5-6,8,16H2,(H,18,21). The highest BCUT2D eigenvalue weighted by atomic mass is 35.5. The summed E-state index contributed by atoms with van der Waals surface area (Å²) >= 11 is 6.02. The molecule has 1 heterocycles. The Labute approximate surface area is 127 Å². The van der Waals surface area contributed by atoms with E-state index in [2.05, 4.69) is 27.5 Å². The van der Waals surface area contributed by atoms with Gasteiger partial charge in [-0.1, -0.05) is 28.7 Å². The van der Waals surface area contributed by atoms with Gasteiger partial charge in [-0.15, -0.1) is 5.10 Å². The molecule has 0 bridgehead atoms. The number of nitrogens with zero attached hydrogens (tertiary/aromatic N) is 3. The number of hydrogen-bond donors (Lipinski definition) is 2. The summed E-state index contributed by atoms with van der Waals surface area (Å²) in [5.41, 5.74) is 6.61. The zero-order valence-electron chi connectivity index (χ0n) is 11.2. The van der Waals surface area contributed by atoms with Crippen LogP contribution in [-0.4, -0.2) is 27.4 Å². The van der Waals surface area contributed by atoms with Crippen LogP contribution < -0.4 is 11.1 Å². The van der Waals surface area contributed by atoms with Gasteiger partial charge in [0, 0.05) is 23.9 Å². The second kappa shape index (κ2) is 7.43. The lowest BCUT2D eigenvalue weighted by Gasteiger charge is -2.06. The van der Waals surface area contributed by atoms with Gasteiger partial charge in [0.25, 0.3) is 0 Å². The van der Waals surface area contributed by atoms with Gasteiger partial charge in [-0.3, -0.25) is 9.48 Å². The Morgan fingerprint density at radius 1 is 1.48 bits per heavy atom. The Balaban J connectivity index is 1.97. The van der Waals surface area contributed by atoms with Gasteiger partial charge in [0.15, 0.2) is 0 Å². The van der Waals surface area contributed by atoms with Crippen molar-refractivity contribution in [3.63, 3.8) is 0 Å². The van der Waals surface area contributed by atoms with Crippen molar-refractivity contribution in [3.05, 3.63) is 41.2 Å². The summed E-state index contributed by atoms with van der Waals surface area (Å²) in [5.74, 6) is 5.47. The smallest absolute Gasteiger partial charge is 0.226 e. The Hall–Kier alpha value is -2.36. The molecule has 0 fully saturated rings. The highest BCUT2D eigenvalue weighted by Gasteiger charge is 2.05. The molecule has 21 heavy (non-hydrogen) atoms. The number of amides is 1. The Morgan fingerprint density at radius 3 is 3.05 bits per heavy atom. The minimum atomic E-state index is -0.120. The lowest BCUT2D eigenvalue weighted by Crippen LogP contribution is -2.14. The molecular weight excluding hydrogens is 290 g/mol. The van der Waals surface area contributed by atoms with Crippen molar-refractivity contribution in [2.75, 3.05) is 11.9 Å². The highest BCUT2D eigenvalue weighted by molar-refractivity contribution is 6.31. The summed E-state index contributed by atoms with van der Waals surface area (Å²) in [4.78, 5) is 11.9. The molecule has 0 radical (unpaired) electrons. The fourth-order valence-corrected chi connectivity index (χ4v) is 1.80. The topological polar surface area (TPSA) is 85.8 Å². The summed E-state index contributed by atoms with van der Waals surface area (Å²) in [6, 6.07) is 5.14. The van der Waals surface area contributed by atoms with Crippen molar-refractivity contribution in [3.8, 4) is 11.8 Å². The van der Waals surface area contributed by atoms with E-state index < -0.39 is 0 Å². The van der Waals surface area contributed by atoms with E-state index in [0.29, 0.717) is 29.2 Å². The van der Waals surface area contributed by atoms with Crippen LogP contribution in [0.25, 0.3) is 0 Å². The molecule has 3 N–H and O–H groups in total. The zero-order valence-corrected chi connectivity index (χ0v) is 12.0. The fraction of sp³-hybridized carbons (Fsp3) is 0.214. The number of rotatable bonds is 4. The minimum Gasteiger partial charge on any atom is -0.326 e. The number of carbonyl (C=O) groups is 1. The van der Waals surface area contributed by atoms with Crippen molar-refractivity contribution < 1.29 is 4.79 Å². The van der Waals surface area contributed by atoms with Crippen molar-refractivity contribution >= 4 is 23.2 Å². The van der Waals surface area contributed by atoms with Crippen molar-refractivity contribution in [1.29, 1.82) is 0 Å². The lowest BCUT2D eigenvalue weighted by molar-refractivity contribution is -0.116. The second-order valence-corrected chi connectivity index (χ2v) is 4.57. The largest absolute Gasteiger partial charge is 0.326 e. The molecule has 0 aliphatic carbocycles. The number of benzene rings is 1. The Morgan fingerprint density at radius 2 is 2.33 bits per heavy atom. The molecule has 2 aromatic rings.